The maximum absolute atomic E-state index is 11.7. The van der Waals surface area contributed by atoms with Gasteiger partial charge in [0.1, 0.15) is 18.1 Å². The molecule has 0 unspecified atom stereocenters. The molecule has 0 aliphatic carbocycles. The molecular weight excluding hydrogens is 276 g/mol. The average molecular weight is 291 g/mol. The van der Waals surface area contributed by atoms with Crippen molar-refractivity contribution in [2.24, 2.45) is 0 Å². The predicted octanol–water partition coefficient (Wildman–Crippen LogP) is -0.722. The van der Waals surface area contributed by atoms with Crippen LogP contribution in [0, 0.1) is 0 Å². The third-order valence-corrected chi connectivity index (χ3v) is 3.13. The number of hydrogen-bond acceptors (Lipinski definition) is 7. The summed E-state index contributed by atoms with van der Waals surface area (Å²) in [4.78, 5) is 20.3. The second kappa shape index (κ2) is 5.85. The van der Waals surface area contributed by atoms with E-state index in [-0.39, 0.29) is 23.9 Å². The van der Waals surface area contributed by atoms with Crippen molar-refractivity contribution in [3.05, 3.63) is 21.7 Å². The topological polar surface area (TPSA) is 112 Å². The maximum Gasteiger partial charge on any atom is 0.351 e. The zero-order chi connectivity index (χ0) is 14.0. The summed E-state index contributed by atoms with van der Waals surface area (Å²) in [6, 6.07) is 0. The molecule has 106 valence electrons. The number of nitrogens with zero attached hydrogens (tertiary/aromatic N) is 2. The number of hydrogen-bond donors (Lipinski definition) is 3. The highest BCUT2D eigenvalue weighted by atomic mass is 35.5. The lowest BCUT2D eigenvalue weighted by Crippen LogP contribution is -2.30. The molecule has 0 bridgehead atoms. The zero-order valence-corrected chi connectivity index (χ0v) is 11.0. The predicted molar refractivity (Wildman–Crippen MR) is 67.5 cm³/mol. The first-order chi connectivity index (χ1) is 9.02. The lowest BCUT2D eigenvalue weighted by atomic mass is 10.2. The third-order valence-electron chi connectivity index (χ3n) is 2.84. The van der Waals surface area contributed by atoms with Crippen molar-refractivity contribution in [1.82, 2.24) is 15.0 Å². The van der Waals surface area contributed by atoms with Crippen LogP contribution in [0.4, 0.5) is 5.82 Å². The molecule has 19 heavy (non-hydrogen) atoms. The number of anilines is 1. The summed E-state index contributed by atoms with van der Waals surface area (Å²) in [6.07, 6.45) is -0.300. The lowest BCUT2D eigenvalue weighted by molar-refractivity contribution is -0.0815. The van der Waals surface area contributed by atoms with Gasteiger partial charge in [0.05, 0.1) is 17.7 Å². The van der Waals surface area contributed by atoms with E-state index in [1.165, 1.54) is 10.8 Å². The van der Waals surface area contributed by atoms with E-state index in [0.29, 0.717) is 0 Å². The summed E-state index contributed by atoms with van der Waals surface area (Å²) in [5.74, 6) is -0.0310. The Morgan fingerprint density at radius 2 is 2.53 bits per heavy atom. The molecule has 3 atom stereocenters. The molecule has 0 saturated carbocycles. The van der Waals surface area contributed by atoms with Crippen LogP contribution in [-0.4, -0.2) is 40.5 Å². The summed E-state index contributed by atoms with van der Waals surface area (Å²) < 4.78 is 6.76. The van der Waals surface area contributed by atoms with Crippen LogP contribution in [-0.2, 0) is 9.57 Å². The first-order valence-electron chi connectivity index (χ1n) is 5.69. The Balaban J connectivity index is 2.16. The Hall–Kier alpha value is -1.19. The normalized spacial score (nSPS) is 26.8. The van der Waals surface area contributed by atoms with Crippen LogP contribution in [0.3, 0.4) is 0 Å². The minimum absolute atomic E-state index is 0.0310. The Labute approximate surface area is 114 Å². The molecule has 1 aliphatic heterocycles. The van der Waals surface area contributed by atoms with Crippen molar-refractivity contribution >= 4 is 17.4 Å². The molecular formula is C10H15ClN4O4. The smallest absolute Gasteiger partial charge is 0.351 e. The highest BCUT2D eigenvalue weighted by Crippen LogP contribution is 2.28. The van der Waals surface area contributed by atoms with Gasteiger partial charge in [-0.15, -0.1) is 0 Å². The Morgan fingerprint density at radius 1 is 1.79 bits per heavy atom. The van der Waals surface area contributed by atoms with Crippen LogP contribution in [0.15, 0.2) is 11.0 Å². The first-order valence-corrected chi connectivity index (χ1v) is 6.07. The van der Waals surface area contributed by atoms with Crippen LogP contribution in [0.25, 0.3) is 0 Å². The summed E-state index contributed by atoms with van der Waals surface area (Å²) in [6.45, 7) is 0.166. The molecule has 4 N–H and O–H groups in total. The summed E-state index contributed by atoms with van der Waals surface area (Å²) >= 11 is 5.82. The van der Waals surface area contributed by atoms with Crippen molar-refractivity contribution in [3.63, 3.8) is 0 Å². The fraction of sp³-hybridized carbons (Fsp3) is 0.600. The van der Waals surface area contributed by atoms with Gasteiger partial charge in [-0.1, -0.05) is 11.6 Å². The molecule has 1 saturated heterocycles. The molecule has 0 spiro atoms. The van der Waals surface area contributed by atoms with Crippen LogP contribution in [0.5, 0.6) is 0 Å². The second-order valence-electron chi connectivity index (χ2n) is 4.11. The summed E-state index contributed by atoms with van der Waals surface area (Å²) in [5, 5.41) is 10.00. The third kappa shape index (κ3) is 3.04. The molecule has 0 amide bonds. The van der Waals surface area contributed by atoms with E-state index in [9.17, 15) is 9.90 Å². The van der Waals surface area contributed by atoms with Crippen molar-refractivity contribution in [1.29, 1.82) is 0 Å². The number of rotatable bonds is 4. The van der Waals surface area contributed by atoms with E-state index in [4.69, 9.17) is 26.9 Å². The lowest BCUT2D eigenvalue weighted by Gasteiger charge is -2.16. The van der Waals surface area contributed by atoms with E-state index in [1.807, 2.05) is 0 Å². The number of nitrogen functional groups attached to an aromatic ring is 1. The minimum atomic E-state index is -0.735. The van der Waals surface area contributed by atoms with Crippen LogP contribution in [0.2, 0.25) is 5.02 Å². The molecule has 8 nitrogen and oxygen atoms in total. The SMILES string of the molecule is CNOC[C@H]1O[C@@H](n2cc(Cl)c(N)nc2=O)C[C@@H]1O. The molecule has 1 aromatic rings. The van der Waals surface area contributed by atoms with E-state index < -0.39 is 24.1 Å². The van der Waals surface area contributed by atoms with Gasteiger partial charge in [-0.25, -0.2) is 10.3 Å². The van der Waals surface area contributed by atoms with Gasteiger partial charge in [0.2, 0.25) is 0 Å². The standard InChI is InChI=1S/C10H15ClN4O4/c1-13-18-4-7-6(16)2-8(19-7)15-3-5(11)9(12)14-10(15)17/h3,6-8,13,16H,2,4H2,1H3,(H2,12,14,17)/t6-,7+,8+/m0/s1. The monoisotopic (exact) mass is 290 g/mol. The van der Waals surface area contributed by atoms with Gasteiger partial charge >= 0.3 is 5.69 Å². The largest absolute Gasteiger partial charge is 0.390 e. The number of aromatic nitrogens is 2. The number of aliphatic hydroxyl groups excluding tert-OH is 1. The number of nitrogens with one attached hydrogen (secondary N) is 1. The van der Waals surface area contributed by atoms with Gasteiger partial charge in [0, 0.05) is 19.7 Å². The van der Waals surface area contributed by atoms with Gasteiger partial charge < -0.3 is 15.6 Å². The van der Waals surface area contributed by atoms with Gasteiger partial charge in [0.25, 0.3) is 0 Å². The van der Waals surface area contributed by atoms with Crippen molar-refractivity contribution < 1.29 is 14.7 Å². The summed E-state index contributed by atoms with van der Waals surface area (Å²) in [5.41, 5.74) is 7.35. The van der Waals surface area contributed by atoms with Crippen molar-refractivity contribution in [2.45, 2.75) is 24.9 Å². The second-order valence-corrected chi connectivity index (χ2v) is 4.52. The van der Waals surface area contributed by atoms with Gasteiger partial charge in [0.15, 0.2) is 0 Å². The maximum atomic E-state index is 11.7. The first kappa shape index (κ1) is 14.2. The van der Waals surface area contributed by atoms with Gasteiger partial charge in [-0.3, -0.25) is 9.40 Å². The number of aliphatic hydroxyl groups is 1. The Morgan fingerprint density at radius 3 is 3.21 bits per heavy atom. The molecule has 0 aromatic carbocycles. The van der Waals surface area contributed by atoms with Crippen LogP contribution >= 0.6 is 11.6 Å². The van der Waals surface area contributed by atoms with E-state index >= 15 is 0 Å². The zero-order valence-electron chi connectivity index (χ0n) is 10.2. The molecule has 0 radical (unpaired) electrons. The van der Waals surface area contributed by atoms with E-state index in [0.717, 1.165) is 0 Å². The van der Waals surface area contributed by atoms with E-state index in [2.05, 4.69) is 10.5 Å². The number of halogens is 1. The van der Waals surface area contributed by atoms with Crippen LogP contribution in [0.1, 0.15) is 12.6 Å². The highest BCUT2D eigenvalue weighted by molar-refractivity contribution is 6.32. The fourth-order valence-electron chi connectivity index (χ4n) is 1.87. The molecule has 1 aliphatic rings. The van der Waals surface area contributed by atoms with Crippen molar-refractivity contribution in [2.75, 3.05) is 19.4 Å². The minimum Gasteiger partial charge on any atom is -0.390 e. The Bertz CT molecular complexity index is 509. The van der Waals surface area contributed by atoms with E-state index in [1.54, 1.807) is 7.05 Å². The average Bonchev–Trinajstić information content (AvgIpc) is 2.72. The fourth-order valence-corrected chi connectivity index (χ4v) is 2.01. The van der Waals surface area contributed by atoms with Crippen molar-refractivity contribution in [3.8, 4) is 0 Å². The number of nitrogens with two attached hydrogens (primary N) is 1. The van der Waals surface area contributed by atoms with Gasteiger partial charge in [-0.05, 0) is 0 Å². The molecule has 2 rings (SSSR count). The number of hydroxylamine groups is 1. The molecule has 1 fully saturated rings. The highest BCUT2D eigenvalue weighted by Gasteiger charge is 2.35. The van der Waals surface area contributed by atoms with Crippen LogP contribution < -0.4 is 16.9 Å². The Kier molecular flexibility index (Phi) is 4.38. The molecule has 2 heterocycles. The molecule has 1 aromatic heterocycles. The van der Waals surface area contributed by atoms with Gasteiger partial charge in [-0.2, -0.15) is 4.98 Å². The summed E-state index contributed by atoms with van der Waals surface area (Å²) in [7, 11) is 1.60. The number of ether oxygens (including phenoxy) is 1. The quantitative estimate of drug-likeness (QED) is 0.627. The molecule has 9 heteroatoms.